The summed E-state index contributed by atoms with van der Waals surface area (Å²) >= 11 is 0. The van der Waals surface area contributed by atoms with Crippen LogP contribution in [0.1, 0.15) is 11.3 Å². The number of pyridine rings is 1. The van der Waals surface area contributed by atoms with Gasteiger partial charge in [-0.1, -0.05) is 6.07 Å². The van der Waals surface area contributed by atoms with Crippen molar-refractivity contribution in [1.82, 2.24) is 10.3 Å². The third kappa shape index (κ3) is 4.24. The van der Waals surface area contributed by atoms with Crippen LogP contribution in [0, 0.1) is 0 Å². The van der Waals surface area contributed by atoms with Crippen molar-refractivity contribution >= 4 is 17.3 Å². The molecule has 2 aromatic rings. The molecule has 1 aromatic carbocycles. The number of amides is 1. The Balaban J connectivity index is 1.76. The number of benzene rings is 1. The summed E-state index contributed by atoms with van der Waals surface area (Å²) in [5.74, 6) is 0.117. The molecular formula is C19H22N4O4. The van der Waals surface area contributed by atoms with E-state index in [0.29, 0.717) is 23.6 Å². The molecule has 27 heavy (non-hydrogen) atoms. The number of nitrogen functional groups attached to an aromatic ring is 1. The van der Waals surface area contributed by atoms with Gasteiger partial charge in [0.2, 0.25) is 0 Å². The van der Waals surface area contributed by atoms with Crippen molar-refractivity contribution in [3.63, 3.8) is 0 Å². The van der Waals surface area contributed by atoms with E-state index in [0.717, 1.165) is 5.69 Å². The molecule has 1 fully saturated rings. The van der Waals surface area contributed by atoms with Crippen LogP contribution >= 0.6 is 0 Å². The number of aromatic nitrogens is 1. The Kier molecular flexibility index (Phi) is 5.68. The largest absolute Gasteiger partial charge is 0.487 e. The number of aliphatic hydroxyl groups excluding tert-OH is 1. The van der Waals surface area contributed by atoms with Gasteiger partial charge in [0.15, 0.2) is 0 Å². The molecule has 142 valence electrons. The average Bonchev–Trinajstić information content (AvgIpc) is 2.66. The summed E-state index contributed by atoms with van der Waals surface area (Å²) in [6.07, 6.45) is 1.69. The van der Waals surface area contributed by atoms with Gasteiger partial charge in [-0.25, -0.2) is 0 Å². The third-order valence-corrected chi connectivity index (χ3v) is 4.27. The van der Waals surface area contributed by atoms with Gasteiger partial charge in [-0.05, 0) is 30.3 Å². The number of nitrogens with zero attached hydrogens (tertiary/aromatic N) is 2. The van der Waals surface area contributed by atoms with Crippen LogP contribution in [0.2, 0.25) is 0 Å². The smallest absolute Gasteiger partial charge is 0.270 e. The van der Waals surface area contributed by atoms with E-state index in [-0.39, 0.29) is 25.5 Å². The highest BCUT2D eigenvalue weighted by Crippen LogP contribution is 2.23. The van der Waals surface area contributed by atoms with E-state index in [4.69, 9.17) is 15.2 Å². The van der Waals surface area contributed by atoms with Crippen molar-refractivity contribution in [2.45, 2.75) is 12.1 Å². The van der Waals surface area contributed by atoms with Gasteiger partial charge in [-0.2, -0.15) is 0 Å². The van der Waals surface area contributed by atoms with Gasteiger partial charge >= 0.3 is 0 Å². The molecule has 0 spiro atoms. The quantitative estimate of drug-likeness (QED) is 0.483. The minimum Gasteiger partial charge on any atom is -0.487 e. The second kappa shape index (κ2) is 8.15. The lowest BCUT2D eigenvalue weighted by molar-refractivity contribution is -0.131. The minimum absolute atomic E-state index is 0.163. The molecule has 0 atom stereocenters. The molecule has 8 heteroatoms. The number of carbonyl (C=O) groups is 1. The van der Waals surface area contributed by atoms with Crippen LogP contribution in [0.5, 0.6) is 5.75 Å². The molecule has 4 N–H and O–H groups in total. The molecule has 0 bridgehead atoms. The fraction of sp³-hybridized carbons (Fsp3) is 0.316. The van der Waals surface area contributed by atoms with Crippen LogP contribution in [-0.4, -0.2) is 54.1 Å². The highest BCUT2D eigenvalue weighted by molar-refractivity contribution is 6.46. The summed E-state index contributed by atoms with van der Waals surface area (Å²) < 4.78 is 10.9. The summed E-state index contributed by atoms with van der Waals surface area (Å²) in [6, 6.07) is 10.6. The second-order valence-corrected chi connectivity index (χ2v) is 6.32. The van der Waals surface area contributed by atoms with Gasteiger partial charge in [0.1, 0.15) is 23.6 Å². The van der Waals surface area contributed by atoms with Crippen molar-refractivity contribution < 1.29 is 19.4 Å². The van der Waals surface area contributed by atoms with E-state index in [1.54, 1.807) is 24.4 Å². The number of ether oxygens (including phenoxy) is 2. The summed E-state index contributed by atoms with van der Waals surface area (Å²) in [5.41, 5.74) is 7.09. The van der Waals surface area contributed by atoms with E-state index in [2.05, 4.69) is 15.3 Å². The first-order valence-electron chi connectivity index (χ1n) is 8.47. The molecule has 0 radical (unpaired) electrons. The van der Waals surface area contributed by atoms with Crippen molar-refractivity contribution in [3.8, 4) is 5.75 Å². The normalized spacial score (nSPS) is 15.7. The number of carbonyl (C=O) groups excluding carboxylic acids is 1. The Morgan fingerprint density at radius 2 is 2.22 bits per heavy atom. The van der Waals surface area contributed by atoms with E-state index in [1.807, 2.05) is 18.2 Å². The number of aliphatic hydroxyl groups is 1. The van der Waals surface area contributed by atoms with Crippen LogP contribution < -0.4 is 15.8 Å². The molecule has 2 heterocycles. The molecule has 3 rings (SSSR count). The number of aliphatic imine (C=N–C) groups is 1. The Morgan fingerprint density at radius 1 is 1.41 bits per heavy atom. The van der Waals surface area contributed by atoms with E-state index >= 15 is 0 Å². The molecule has 8 nitrogen and oxygen atoms in total. The predicted octanol–water partition coefficient (Wildman–Crippen LogP) is 0.539. The molecule has 1 aliphatic heterocycles. The lowest BCUT2D eigenvalue weighted by Gasteiger charge is -2.40. The van der Waals surface area contributed by atoms with Gasteiger partial charge in [0, 0.05) is 24.5 Å². The zero-order valence-electron chi connectivity index (χ0n) is 15.0. The number of nitrogens with two attached hydrogens (primary N) is 1. The van der Waals surface area contributed by atoms with Crippen LogP contribution in [-0.2, 0) is 16.1 Å². The Hall–Kier alpha value is -2.97. The van der Waals surface area contributed by atoms with Crippen molar-refractivity contribution in [3.05, 3.63) is 53.9 Å². The first-order chi connectivity index (χ1) is 13.1. The predicted molar refractivity (Wildman–Crippen MR) is 101 cm³/mol. The number of rotatable bonds is 7. The molecule has 0 unspecified atom stereocenters. The Bertz CT molecular complexity index is 829. The van der Waals surface area contributed by atoms with E-state index < -0.39 is 11.4 Å². The van der Waals surface area contributed by atoms with Crippen LogP contribution in [0.15, 0.2) is 47.6 Å². The number of hydrogen-bond acceptors (Lipinski definition) is 7. The van der Waals surface area contributed by atoms with Gasteiger partial charge < -0.3 is 25.6 Å². The van der Waals surface area contributed by atoms with Crippen molar-refractivity contribution in [1.29, 1.82) is 0 Å². The molecule has 0 aliphatic carbocycles. The van der Waals surface area contributed by atoms with E-state index in [9.17, 15) is 9.90 Å². The van der Waals surface area contributed by atoms with Gasteiger partial charge in [-0.3, -0.25) is 14.8 Å². The van der Waals surface area contributed by atoms with Gasteiger partial charge in [0.05, 0.1) is 25.5 Å². The Morgan fingerprint density at radius 3 is 2.81 bits per heavy atom. The van der Waals surface area contributed by atoms with Crippen molar-refractivity contribution in [2.24, 2.45) is 4.99 Å². The summed E-state index contributed by atoms with van der Waals surface area (Å²) in [5, 5.41) is 12.3. The lowest BCUT2D eigenvalue weighted by atomic mass is 9.97. The summed E-state index contributed by atoms with van der Waals surface area (Å²) in [7, 11) is 1.51. The zero-order chi connectivity index (χ0) is 19.3. The molecule has 0 saturated carbocycles. The SMILES string of the molecule is CN=C(C(=O)NC1(CO)COC1)c1cc(OCc2ccccn2)ccc1N. The average molecular weight is 370 g/mol. The molecule has 1 saturated heterocycles. The molecule has 1 aromatic heterocycles. The zero-order valence-corrected chi connectivity index (χ0v) is 15.0. The summed E-state index contributed by atoms with van der Waals surface area (Å²) in [6.45, 7) is 0.599. The molecule has 1 aliphatic rings. The first kappa shape index (κ1) is 18.8. The summed E-state index contributed by atoms with van der Waals surface area (Å²) in [4.78, 5) is 21.0. The van der Waals surface area contributed by atoms with Crippen LogP contribution in [0.3, 0.4) is 0 Å². The topological polar surface area (TPSA) is 119 Å². The first-order valence-corrected chi connectivity index (χ1v) is 8.47. The fourth-order valence-corrected chi connectivity index (χ4v) is 2.67. The van der Waals surface area contributed by atoms with Crippen LogP contribution in [0.4, 0.5) is 5.69 Å². The van der Waals surface area contributed by atoms with Gasteiger partial charge in [-0.15, -0.1) is 0 Å². The highest BCUT2D eigenvalue weighted by atomic mass is 16.5. The second-order valence-electron chi connectivity index (χ2n) is 6.32. The molecule has 1 amide bonds. The highest BCUT2D eigenvalue weighted by Gasteiger charge is 2.40. The molecular weight excluding hydrogens is 348 g/mol. The maximum absolute atomic E-state index is 12.7. The van der Waals surface area contributed by atoms with E-state index in [1.165, 1.54) is 7.05 Å². The van der Waals surface area contributed by atoms with Crippen LogP contribution in [0.25, 0.3) is 0 Å². The fourth-order valence-electron chi connectivity index (χ4n) is 2.67. The number of nitrogens with one attached hydrogen (secondary N) is 1. The maximum Gasteiger partial charge on any atom is 0.270 e. The maximum atomic E-state index is 12.7. The Labute approximate surface area is 157 Å². The lowest BCUT2D eigenvalue weighted by Crippen LogP contribution is -2.65. The number of anilines is 1. The minimum atomic E-state index is -0.769. The standard InChI is InChI=1S/C19H22N4O4/c1-21-17(18(25)23-19(10-24)11-26-12-19)15-8-14(5-6-16(15)20)27-9-13-4-2-3-7-22-13/h2-8,24H,9-12,20H2,1H3,(H,23,25). The number of hydrogen-bond donors (Lipinski definition) is 3. The van der Waals surface area contributed by atoms with Gasteiger partial charge in [0.25, 0.3) is 5.91 Å². The third-order valence-electron chi connectivity index (χ3n) is 4.27. The monoisotopic (exact) mass is 370 g/mol. The van der Waals surface area contributed by atoms with Crippen molar-refractivity contribution in [2.75, 3.05) is 32.6 Å².